The summed E-state index contributed by atoms with van der Waals surface area (Å²) < 4.78 is 5.42. The van der Waals surface area contributed by atoms with E-state index in [1.807, 2.05) is 6.07 Å². The Morgan fingerprint density at radius 2 is 1.88 bits per heavy atom. The molecule has 0 saturated heterocycles. The number of furan rings is 1. The van der Waals surface area contributed by atoms with Crippen LogP contribution in [0.5, 0.6) is 0 Å². The number of aryl methyl sites for hydroxylation is 2. The lowest BCUT2D eigenvalue weighted by Crippen LogP contribution is -2.18. The Bertz CT molecular complexity index is 487. The third kappa shape index (κ3) is 2.77. The van der Waals surface area contributed by atoms with E-state index < -0.39 is 0 Å². The van der Waals surface area contributed by atoms with Crippen molar-refractivity contribution in [3.05, 3.63) is 59.0 Å². The lowest BCUT2D eigenvalue weighted by molar-refractivity contribution is 0.457. The van der Waals surface area contributed by atoms with Crippen molar-refractivity contribution in [1.29, 1.82) is 0 Å². The number of rotatable bonds is 4. The van der Waals surface area contributed by atoms with Gasteiger partial charge in [0.2, 0.25) is 0 Å². The predicted molar refractivity (Wildman–Crippen MR) is 69.9 cm³/mol. The summed E-state index contributed by atoms with van der Waals surface area (Å²) in [6.07, 6.45) is 1.74. The monoisotopic (exact) mass is 229 g/mol. The molecule has 1 heterocycles. The van der Waals surface area contributed by atoms with E-state index in [0.29, 0.717) is 6.04 Å². The van der Waals surface area contributed by atoms with Crippen LogP contribution in [0.1, 0.15) is 35.4 Å². The molecule has 1 atom stereocenters. The molecule has 0 aliphatic rings. The lowest BCUT2D eigenvalue weighted by atomic mass is 10.0. The van der Waals surface area contributed by atoms with E-state index in [-0.39, 0.29) is 0 Å². The SMILES string of the molecule is Cc1ccccc1[C@@H](C)NCc1occc1C. The first-order chi connectivity index (χ1) is 8.18. The molecule has 1 aromatic carbocycles. The first-order valence-electron chi connectivity index (χ1n) is 6.00. The third-order valence-electron chi connectivity index (χ3n) is 3.19. The van der Waals surface area contributed by atoms with E-state index in [4.69, 9.17) is 4.42 Å². The maximum Gasteiger partial charge on any atom is 0.120 e. The fourth-order valence-electron chi connectivity index (χ4n) is 2.01. The van der Waals surface area contributed by atoms with Crippen LogP contribution in [0.3, 0.4) is 0 Å². The van der Waals surface area contributed by atoms with Gasteiger partial charge in [0.25, 0.3) is 0 Å². The molecule has 1 aromatic heterocycles. The molecule has 0 spiro atoms. The van der Waals surface area contributed by atoms with Crippen LogP contribution < -0.4 is 5.32 Å². The van der Waals surface area contributed by atoms with Gasteiger partial charge in [-0.15, -0.1) is 0 Å². The first-order valence-corrected chi connectivity index (χ1v) is 6.00. The summed E-state index contributed by atoms with van der Waals surface area (Å²) in [5.74, 6) is 1.02. The molecule has 0 amide bonds. The summed E-state index contributed by atoms with van der Waals surface area (Å²) in [6, 6.07) is 10.8. The van der Waals surface area contributed by atoms with Gasteiger partial charge in [0.05, 0.1) is 12.8 Å². The van der Waals surface area contributed by atoms with Crippen LogP contribution in [-0.2, 0) is 6.54 Å². The Morgan fingerprint density at radius 3 is 2.53 bits per heavy atom. The van der Waals surface area contributed by atoms with Crippen molar-refractivity contribution >= 4 is 0 Å². The van der Waals surface area contributed by atoms with Crippen LogP contribution in [0.15, 0.2) is 41.0 Å². The van der Waals surface area contributed by atoms with Crippen LogP contribution in [0.4, 0.5) is 0 Å². The third-order valence-corrected chi connectivity index (χ3v) is 3.19. The Kier molecular flexibility index (Phi) is 3.64. The molecule has 0 saturated carbocycles. The van der Waals surface area contributed by atoms with E-state index in [1.165, 1.54) is 16.7 Å². The van der Waals surface area contributed by atoms with Gasteiger partial charge in [-0.3, -0.25) is 0 Å². The highest BCUT2D eigenvalue weighted by Gasteiger charge is 2.08. The molecule has 0 radical (unpaired) electrons. The number of hydrogen-bond acceptors (Lipinski definition) is 2. The first kappa shape index (κ1) is 11.9. The summed E-state index contributed by atoms with van der Waals surface area (Å²) in [4.78, 5) is 0. The van der Waals surface area contributed by atoms with Gasteiger partial charge in [0, 0.05) is 6.04 Å². The van der Waals surface area contributed by atoms with E-state index in [1.54, 1.807) is 6.26 Å². The van der Waals surface area contributed by atoms with Crippen LogP contribution in [0.25, 0.3) is 0 Å². The standard InChI is InChI=1S/C15H19NO/c1-11-6-4-5-7-14(11)13(3)16-10-15-12(2)8-9-17-15/h4-9,13,16H,10H2,1-3H3/t13-/m1/s1. The minimum Gasteiger partial charge on any atom is -0.468 e. The van der Waals surface area contributed by atoms with Crippen molar-refractivity contribution in [3.8, 4) is 0 Å². The van der Waals surface area contributed by atoms with Crippen molar-refractivity contribution in [2.45, 2.75) is 33.4 Å². The number of nitrogens with one attached hydrogen (secondary N) is 1. The Morgan fingerprint density at radius 1 is 1.12 bits per heavy atom. The minimum absolute atomic E-state index is 0.334. The van der Waals surface area contributed by atoms with Crippen molar-refractivity contribution < 1.29 is 4.42 Å². The zero-order chi connectivity index (χ0) is 12.3. The van der Waals surface area contributed by atoms with E-state index >= 15 is 0 Å². The van der Waals surface area contributed by atoms with Crippen LogP contribution in [0.2, 0.25) is 0 Å². The summed E-state index contributed by atoms with van der Waals surface area (Å²) in [5, 5.41) is 3.49. The zero-order valence-corrected chi connectivity index (χ0v) is 10.7. The Hall–Kier alpha value is -1.54. The highest BCUT2D eigenvalue weighted by Crippen LogP contribution is 2.18. The summed E-state index contributed by atoms with van der Waals surface area (Å²) in [5.41, 5.74) is 3.87. The van der Waals surface area contributed by atoms with Gasteiger partial charge in [0.15, 0.2) is 0 Å². The van der Waals surface area contributed by atoms with Crippen molar-refractivity contribution in [2.24, 2.45) is 0 Å². The average molecular weight is 229 g/mol. The predicted octanol–water partition coefficient (Wildman–Crippen LogP) is 3.75. The van der Waals surface area contributed by atoms with Gasteiger partial charge in [-0.25, -0.2) is 0 Å². The quantitative estimate of drug-likeness (QED) is 0.863. The molecule has 1 N–H and O–H groups in total. The normalized spacial score (nSPS) is 12.6. The highest BCUT2D eigenvalue weighted by atomic mass is 16.3. The van der Waals surface area contributed by atoms with E-state index in [2.05, 4.69) is 50.4 Å². The Labute approximate surface area is 103 Å². The molecule has 0 unspecified atom stereocenters. The number of benzene rings is 1. The van der Waals surface area contributed by atoms with Crippen molar-refractivity contribution in [3.63, 3.8) is 0 Å². The summed E-state index contributed by atoms with van der Waals surface area (Å²) in [7, 11) is 0. The molecule has 2 heteroatoms. The second-order valence-corrected chi connectivity index (χ2v) is 4.49. The smallest absolute Gasteiger partial charge is 0.120 e. The molecule has 17 heavy (non-hydrogen) atoms. The van der Waals surface area contributed by atoms with E-state index in [0.717, 1.165) is 12.3 Å². The fraction of sp³-hybridized carbons (Fsp3) is 0.333. The van der Waals surface area contributed by atoms with Gasteiger partial charge >= 0.3 is 0 Å². The second kappa shape index (κ2) is 5.19. The van der Waals surface area contributed by atoms with Crippen LogP contribution >= 0.6 is 0 Å². The molecule has 0 aliphatic carbocycles. The largest absolute Gasteiger partial charge is 0.468 e. The van der Waals surface area contributed by atoms with Crippen molar-refractivity contribution in [1.82, 2.24) is 5.32 Å². The maximum atomic E-state index is 5.42. The summed E-state index contributed by atoms with van der Waals surface area (Å²) >= 11 is 0. The van der Waals surface area contributed by atoms with Crippen molar-refractivity contribution in [2.75, 3.05) is 0 Å². The molecule has 0 bridgehead atoms. The van der Waals surface area contributed by atoms with Crippen LogP contribution in [0, 0.1) is 13.8 Å². The highest BCUT2D eigenvalue weighted by molar-refractivity contribution is 5.28. The molecule has 90 valence electrons. The lowest BCUT2D eigenvalue weighted by Gasteiger charge is -2.16. The molecule has 0 fully saturated rings. The van der Waals surface area contributed by atoms with Gasteiger partial charge in [0.1, 0.15) is 5.76 Å². The zero-order valence-electron chi connectivity index (χ0n) is 10.7. The minimum atomic E-state index is 0.334. The van der Waals surface area contributed by atoms with Gasteiger partial charge in [-0.2, -0.15) is 0 Å². The topological polar surface area (TPSA) is 25.2 Å². The molecule has 2 nitrogen and oxygen atoms in total. The molecule has 2 aromatic rings. The molecule has 2 rings (SSSR count). The Balaban J connectivity index is 2.01. The van der Waals surface area contributed by atoms with Gasteiger partial charge in [-0.05, 0) is 43.5 Å². The molecular weight excluding hydrogens is 210 g/mol. The maximum absolute atomic E-state index is 5.42. The number of hydrogen-bond donors (Lipinski definition) is 1. The summed E-state index contributed by atoms with van der Waals surface area (Å²) in [6.45, 7) is 7.17. The molecule has 0 aliphatic heterocycles. The fourth-order valence-corrected chi connectivity index (χ4v) is 2.01. The van der Waals surface area contributed by atoms with Gasteiger partial charge < -0.3 is 9.73 Å². The van der Waals surface area contributed by atoms with Crippen LogP contribution in [-0.4, -0.2) is 0 Å². The second-order valence-electron chi connectivity index (χ2n) is 4.49. The van der Waals surface area contributed by atoms with E-state index in [9.17, 15) is 0 Å². The molecular formula is C15H19NO. The average Bonchev–Trinajstić information content (AvgIpc) is 2.72. The van der Waals surface area contributed by atoms with Gasteiger partial charge in [-0.1, -0.05) is 24.3 Å².